The van der Waals surface area contributed by atoms with Crippen LogP contribution in [0.2, 0.25) is 0 Å². The number of carbonyl (C=O) groups is 3. The first-order valence-corrected chi connectivity index (χ1v) is 7.69. The van der Waals surface area contributed by atoms with E-state index >= 15 is 0 Å². The molecule has 1 heterocycles. The molecule has 0 unspecified atom stereocenters. The number of ketones is 3. The van der Waals surface area contributed by atoms with E-state index < -0.39 is 17.2 Å². The number of pyridine rings is 1. The highest BCUT2D eigenvalue weighted by Crippen LogP contribution is 2.40. The van der Waals surface area contributed by atoms with Gasteiger partial charge in [0, 0.05) is 36.1 Å². The molecule has 0 bridgehead atoms. The minimum absolute atomic E-state index is 0.0927. The molecule has 5 heteroatoms. The highest BCUT2D eigenvalue weighted by molar-refractivity contribution is 6.37. The Hall–Kier alpha value is -2.92. The Morgan fingerprint density at radius 1 is 0.833 bits per heavy atom. The molecule has 0 saturated heterocycles. The number of rotatable bonds is 2. The lowest BCUT2D eigenvalue weighted by molar-refractivity contribution is -0.583. The molecule has 24 heavy (non-hydrogen) atoms. The van der Waals surface area contributed by atoms with Gasteiger partial charge in [-0.25, -0.2) is 0 Å². The van der Waals surface area contributed by atoms with Gasteiger partial charge in [0.1, 0.15) is 5.57 Å². The van der Waals surface area contributed by atoms with Gasteiger partial charge in [-0.3, -0.25) is 14.4 Å². The molecule has 2 aromatic rings. The normalized spacial score (nSPS) is 19.1. The zero-order chi connectivity index (χ0) is 16.9. The van der Waals surface area contributed by atoms with Crippen molar-refractivity contribution in [2.45, 2.75) is 18.4 Å². The molecule has 1 aromatic carbocycles. The van der Waals surface area contributed by atoms with Gasteiger partial charge in [0.15, 0.2) is 23.9 Å². The second-order valence-corrected chi connectivity index (χ2v) is 5.94. The van der Waals surface area contributed by atoms with E-state index in [1.807, 2.05) is 6.07 Å². The van der Waals surface area contributed by atoms with Crippen LogP contribution in [0, 0.1) is 0 Å². The Bertz CT molecular complexity index is 892. The zero-order valence-corrected chi connectivity index (χ0v) is 12.7. The summed E-state index contributed by atoms with van der Waals surface area (Å²) in [6.07, 6.45) is 4.01. The topological polar surface area (TPSA) is 75.3 Å². The number of allylic oxidation sites excluding steroid dienone is 1. The van der Waals surface area contributed by atoms with E-state index in [9.17, 15) is 19.5 Å². The fourth-order valence-electron chi connectivity index (χ4n) is 3.49. The highest BCUT2D eigenvalue weighted by Gasteiger charge is 2.59. The van der Waals surface area contributed by atoms with Crippen molar-refractivity contribution in [2.24, 2.45) is 0 Å². The molecule has 0 saturated carbocycles. The smallest absolute Gasteiger partial charge is 0.226 e. The molecule has 0 radical (unpaired) electrons. The summed E-state index contributed by atoms with van der Waals surface area (Å²) in [6, 6.07) is 11.7. The summed E-state index contributed by atoms with van der Waals surface area (Å²) in [6.45, 7) is 0. The van der Waals surface area contributed by atoms with Crippen LogP contribution in [0.25, 0.3) is 5.70 Å². The number of hydrogen-bond acceptors (Lipinski definition) is 4. The third-order valence-electron chi connectivity index (χ3n) is 4.62. The average molecular weight is 320 g/mol. The summed E-state index contributed by atoms with van der Waals surface area (Å²) in [5.41, 5.74) is -1.69. The summed E-state index contributed by atoms with van der Waals surface area (Å²) in [7, 11) is 0. The third kappa shape index (κ3) is 1.79. The number of benzene rings is 1. The van der Waals surface area contributed by atoms with Crippen molar-refractivity contribution in [3.8, 4) is 0 Å². The summed E-state index contributed by atoms with van der Waals surface area (Å²) >= 11 is 0. The molecule has 0 spiro atoms. The molecule has 0 amide bonds. The predicted octanol–water partition coefficient (Wildman–Crippen LogP) is 1.36. The van der Waals surface area contributed by atoms with Gasteiger partial charge in [0.25, 0.3) is 0 Å². The van der Waals surface area contributed by atoms with E-state index in [4.69, 9.17) is 0 Å². The quantitative estimate of drug-likeness (QED) is 0.670. The van der Waals surface area contributed by atoms with Crippen LogP contribution in [0.15, 0.2) is 60.4 Å². The summed E-state index contributed by atoms with van der Waals surface area (Å²) < 4.78 is 1.68. The van der Waals surface area contributed by atoms with E-state index in [0.29, 0.717) is 12.1 Å². The second kappa shape index (κ2) is 5.04. The minimum atomic E-state index is -2.42. The Labute approximate surface area is 137 Å². The van der Waals surface area contributed by atoms with Gasteiger partial charge in [0.2, 0.25) is 17.2 Å². The molecule has 1 N–H and O–H groups in total. The molecule has 2 aliphatic rings. The van der Waals surface area contributed by atoms with Crippen LogP contribution in [0.4, 0.5) is 0 Å². The predicted molar refractivity (Wildman–Crippen MR) is 84.1 cm³/mol. The molecular formula is C19H14NO4+. The van der Waals surface area contributed by atoms with Crippen molar-refractivity contribution in [2.75, 3.05) is 0 Å². The lowest BCUT2D eigenvalue weighted by atomic mass is 9.86. The van der Waals surface area contributed by atoms with Crippen LogP contribution in [0.1, 0.15) is 33.6 Å². The van der Waals surface area contributed by atoms with Crippen molar-refractivity contribution < 1.29 is 24.1 Å². The van der Waals surface area contributed by atoms with Crippen LogP contribution < -0.4 is 4.57 Å². The maximum absolute atomic E-state index is 12.8. The highest BCUT2D eigenvalue weighted by atomic mass is 16.3. The number of aromatic nitrogens is 1. The lowest BCUT2D eigenvalue weighted by Gasteiger charge is -2.19. The van der Waals surface area contributed by atoms with Gasteiger partial charge in [-0.15, -0.1) is 0 Å². The molecule has 118 valence electrons. The number of nitrogens with zero attached hydrogens (tertiary/aromatic N) is 1. The van der Waals surface area contributed by atoms with E-state index in [0.717, 1.165) is 0 Å². The van der Waals surface area contributed by atoms with Crippen molar-refractivity contribution in [3.63, 3.8) is 0 Å². The Balaban J connectivity index is 1.96. The summed E-state index contributed by atoms with van der Waals surface area (Å²) in [5.74, 6) is -1.80. The first-order valence-electron chi connectivity index (χ1n) is 7.69. The summed E-state index contributed by atoms with van der Waals surface area (Å²) in [4.78, 5) is 38.0. The monoisotopic (exact) mass is 320 g/mol. The Morgan fingerprint density at radius 3 is 2.00 bits per heavy atom. The largest absolute Gasteiger partial charge is 0.370 e. The molecular weight excluding hydrogens is 306 g/mol. The standard InChI is InChI=1S/C19H14NO4/c21-15-9-8-14(20-10-4-1-5-11-20)16(15)19(24)17(22)12-6-2-3-7-13(12)18(19)23/h1-7,10-11,24H,8-9H2/q+1. The maximum Gasteiger partial charge on any atom is 0.226 e. The van der Waals surface area contributed by atoms with Gasteiger partial charge >= 0.3 is 0 Å². The molecule has 0 atom stereocenters. The third-order valence-corrected chi connectivity index (χ3v) is 4.62. The fourth-order valence-corrected chi connectivity index (χ4v) is 3.49. The molecule has 5 nitrogen and oxygen atoms in total. The van der Waals surface area contributed by atoms with Gasteiger partial charge in [-0.1, -0.05) is 30.3 Å². The van der Waals surface area contributed by atoms with Crippen molar-refractivity contribution in [3.05, 3.63) is 71.6 Å². The molecule has 0 aliphatic heterocycles. The van der Waals surface area contributed by atoms with E-state index in [-0.39, 0.29) is 28.9 Å². The molecule has 4 rings (SSSR count). The number of Topliss-reactive ketones (excluding diaryl/α,β-unsaturated/α-hetero) is 3. The molecule has 2 aliphatic carbocycles. The van der Waals surface area contributed by atoms with Gasteiger partial charge in [0.05, 0.1) is 0 Å². The minimum Gasteiger partial charge on any atom is -0.370 e. The van der Waals surface area contributed by atoms with Crippen molar-refractivity contribution in [1.29, 1.82) is 0 Å². The zero-order valence-electron chi connectivity index (χ0n) is 12.7. The molecule has 1 aromatic heterocycles. The van der Waals surface area contributed by atoms with Crippen molar-refractivity contribution >= 4 is 23.0 Å². The maximum atomic E-state index is 12.8. The first kappa shape index (κ1) is 14.7. The fraction of sp³-hybridized carbons (Fsp3) is 0.158. The van der Waals surface area contributed by atoms with Crippen LogP contribution in [-0.4, -0.2) is 28.1 Å². The van der Waals surface area contributed by atoms with Gasteiger partial charge in [-0.05, 0) is 0 Å². The van der Waals surface area contributed by atoms with Crippen LogP contribution in [0.5, 0.6) is 0 Å². The van der Waals surface area contributed by atoms with E-state index in [2.05, 4.69) is 0 Å². The number of carbonyl (C=O) groups excluding carboxylic acids is 3. The first-order chi connectivity index (χ1) is 11.5. The average Bonchev–Trinajstić information content (AvgIpc) is 3.10. The number of aliphatic hydroxyl groups is 1. The molecule has 0 fully saturated rings. The Kier molecular flexibility index (Phi) is 3.08. The summed E-state index contributed by atoms with van der Waals surface area (Å²) in [5, 5.41) is 11.1. The van der Waals surface area contributed by atoms with Gasteiger partial charge in [-0.2, -0.15) is 4.57 Å². The Morgan fingerprint density at radius 2 is 1.42 bits per heavy atom. The van der Waals surface area contributed by atoms with Crippen LogP contribution >= 0.6 is 0 Å². The van der Waals surface area contributed by atoms with Gasteiger partial charge < -0.3 is 5.11 Å². The lowest BCUT2D eigenvalue weighted by Crippen LogP contribution is -2.47. The number of fused-ring (bicyclic) bond motifs is 1. The van der Waals surface area contributed by atoms with E-state index in [1.165, 1.54) is 12.1 Å². The SMILES string of the molecule is O=C1CCC([n+]2ccccc2)=C1C1(O)C(=O)c2ccccc2C1=O. The van der Waals surface area contributed by atoms with Crippen LogP contribution in [-0.2, 0) is 4.79 Å². The number of hydrogen-bond donors (Lipinski definition) is 1. The van der Waals surface area contributed by atoms with E-state index in [1.54, 1.807) is 41.2 Å². The second-order valence-electron chi connectivity index (χ2n) is 5.94. The van der Waals surface area contributed by atoms with Crippen molar-refractivity contribution in [1.82, 2.24) is 0 Å². The van der Waals surface area contributed by atoms with Crippen LogP contribution in [0.3, 0.4) is 0 Å².